The fraction of sp³-hybridized carbons (Fsp3) is 0.600. The van der Waals surface area contributed by atoms with Crippen molar-refractivity contribution >= 4 is 5.91 Å². The van der Waals surface area contributed by atoms with Crippen LogP contribution in [0.15, 0.2) is 24.3 Å². The van der Waals surface area contributed by atoms with Gasteiger partial charge < -0.3 is 4.90 Å². The summed E-state index contributed by atoms with van der Waals surface area (Å²) in [6, 6.07) is 10.7. The Morgan fingerprint density at radius 3 is 2.76 bits per heavy atom. The van der Waals surface area contributed by atoms with Crippen LogP contribution in [-0.4, -0.2) is 65.9 Å². The van der Waals surface area contributed by atoms with Gasteiger partial charge in [-0.25, -0.2) is 0 Å². The summed E-state index contributed by atoms with van der Waals surface area (Å²) in [5.41, 5.74) is 1.90. The molecule has 0 bridgehead atoms. The van der Waals surface area contributed by atoms with Gasteiger partial charge in [0, 0.05) is 58.8 Å². The van der Waals surface area contributed by atoms with Crippen LogP contribution in [0.5, 0.6) is 0 Å². The predicted octanol–water partition coefficient (Wildman–Crippen LogP) is 1.93. The zero-order chi connectivity index (χ0) is 17.8. The van der Waals surface area contributed by atoms with E-state index in [4.69, 9.17) is 0 Å². The lowest BCUT2D eigenvalue weighted by Gasteiger charge is -2.30. The molecule has 2 saturated heterocycles. The maximum absolute atomic E-state index is 11.6. The Morgan fingerprint density at radius 1 is 1.20 bits per heavy atom. The number of amides is 1. The zero-order valence-corrected chi connectivity index (χ0v) is 15.3. The molecule has 2 aliphatic heterocycles. The second kappa shape index (κ2) is 7.99. The highest BCUT2D eigenvalue weighted by Gasteiger charge is 2.34. The van der Waals surface area contributed by atoms with Gasteiger partial charge in [-0.05, 0) is 24.0 Å². The fourth-order valence-electron chi connectivity index (χ4n) is 4.24. The zero-order valence-electron chi connectivity index (χ0n) is 15.3. The molecule has 2 atom stereocenters. The smallest absolute Gasteiger partial charge is 0.219 e. The lowest BCUT2D eigenvalue weighted by Crippen LogP contribution is -2.42. The summed E-state index contributed by atoms with van der Waals surface area (Å²) in [4.78, 5) is 18.6. The highest BCUT2D eigenvalue weighted by molar-refractivity contribution is 5.73. The minimum atomic E-state index is 0.191. The number of likely N-dealkylation sites (tertiary alicyclic amines) is 1. The summed E-state index contributed by atoms with van der Waals surface area (Å²) in [7, 11) is 0. The van der Waals surface area contributed by atoms with Gasteiger partial charge in [-0.15, -0.1) is 0 Å². The first-order valence-electron chi connectivity index (χ1n) is 9.28. The Balaban J connectivity index is 1.61. The average Bonchev–Trinajstić information content (AvgIpc) is 2.82. The summed E-state index contributed by atoms with van der Waals surface area (Å²) >= 11 is 0. The third-order valence-electron chi connectivity index (χ3n) is 5.62. The maximum Gasteiger partial charge on any atom is 0.219 e. The van der Waals surface area contributed by atoms with Crippen LogP contribution in [0.1, 0.15) is 31.4 Å². The Morgan fingerprint density at radius 2 is 2.00 bits per heavy atom. The van der Waals surface area contributed by atoms with Crippen molar-refractivity contribution in [2.75, 3.05) is 39.3 Å². The van der Waals surface area contributed by atoms with Gasteiger partial charge in [-0.1, -0.05) is 25.1 Å². The Kier molecular flexibility index (Phi) is 5.72. The monoisotopic (exact) mass is 340 g/mol. The van der Waals surface area contributed by atoms with Gasteiger partial charge in [0.05, 0.1) is 11.6 Å². The predicted molar refractivity (Wildman–Crippen MR) is 97.8 cm³/mol. The van der Waals surface area contributed by atoms with E-state index in [0.717, 1.165) is 63.4 Å². The molecule has 2 heterocycles. The lowest BCUT2D eigenvalue weighted by molar-refractivity contribution is -0.128. The molecule has 3 rings (SSSR count). The molecule has 1 aromatic carbocycles. The topological polar surface area (TPSA) is 50.6 Å². The van der Waals surface area contributed by atoms with E-state index >= 15 is 0 Å². The SMILES string of the molecule is CC(=O)N1CCCN([C@H]2CN(Cc3ccccc3C#N)C[C@@H]2C)CC1. The standard InChI is InChI=1S/C20H28N4O/c1-16-13-22(14-19-7-4-3-6-18(19)12-21)15-20(16)24-9-5-8-23(10-11-24)17(2)25/h3-4,6-7,16,20H,5,8-11,13-15H2,1-2H3/t16-,20-/m0/s1. The molecule has 0 aliphatic carbocycles. The molecule has 0 saturated carbocycles. The number of nitrogens with zero attached hydrogens (tertiary/aromatic N) is 4. The molecule has 0 unspecified atom stereocenters. The van der Waals surface area contributed by atoms with Crippen molar-refractivity contribution in [1.82, 2.24) is 14.7 Å². The molecule has 1 amide bonds. The Labute approximate surface area is 150 Å². The van der Waals surface area contributed by atoms with E-state index in [0.29, 0.717) is 12.0 Å². The van der Waals surface area contributed by atoms with E-state index in [1.165, 1.54) is 0 Å². The average molecular weight is 340 g/mol. The van der Waals surface area contributed by atoms with Crippen molar-refractivity contribution in [2.24, 2.45) is 5.92 Å². The molecule has 0 N–H and O–H groups in total. The molecule has 0 radical (unpaired) electrons. The number of benzene rings is 1. The van der Waals surface area contributed by atoms with Crippen LogP contribution in [0, 0.1) is 17.2 Å². The molecule has 2 aliphatic rings. The van der Waals surface area contributed by atoms with E-state index in [-0.39, 0.29) is 5.91 Å². The van der Waals surface area contributed by atoms with Crippen molar-refractivity contribution in [1.29, 1.82) is 5.26 Å². The van der Waals surface area contributed by atoms with Gasteiger partial charge in [-0.3, -0.25) is 14.6 Å². The molecular formula is C20H28N4O. The molecule has 0 aromatic heterocycles. The summed E-state index contributed by atoms with van der Waals surface area (Å²) in [6.45, 7) is 10.7. The van der Waals surface area contributed by atoms with Crippen LogP contribution in [-0.2, 0) is 11.3 Å². The van der Waals surface area contributed by atoms with Crippen LogP contribution < -0.4 is 0 Å². The largest absolute Gasteiger partial charge is 0.342 e. The van der Waals surface area contributed by atoms with Gasteiger partial charge in [0.1, 0.15) is 0 Å². The van der Waals surface area contributed by atoms with Crippen molar-refractivity contribution in [3.05, 3.63) is 35.4 Å². The summed E-state index contributed by atoms with van der Waals surface area (Å²) in [5, 5.41) is 9.29. The van der Waals surface area contributed by atoms with Crippen molar-refractivity contribution < 1.29 is 4.79 Å². The fourth-order valence-corrected chi connectivity index (χ4v) is 4.24. The molecule has 5 heteroatoms. The number of hydrogen-bond acceptors (Lipinski definition) is 4. The summed E-state index contributed by atoms with van der Waals surface area (Å²) < 4.78 is 0. The molecule has 134 valence electrons. The number of hydrogen-bond donors (Lipinski definition) is 0. The lowest BCUT2D eigenvalue weighted by atomic mass is 10.0. The van der Waals surface area contributed by atoms with Crippen LogP contribution in [0.2, 0.25) is 0 Å². The van der Waals surface area contributed by atoms with E-state index in [9.17, 15) is 10.1 Å². The minimum absolute atomic E-state index is 0.191. The molecule has 5 nitrogen and oxygen atoms in total. The van der Waals surface area contributed by atoms with Gasteiger partial charge in [0.25, 0.3) is 0 Å². The highest BCUT2D eigenvalue weighted by Crippen LogP contribution is 2.25. The van der Waals surface area contributed by atoms with Gasteiger partial charge in [0.2, 0.25) is 5.91 Å². The van der Waals surface area contributed by atoms with Gasteiger partial charge in [0.15, 0.2) is 0 Å². The van der Waals surface area contributed by atoms with E-state index in [1.807, 2.05) is 23.1 Å². The quantitative estimate of drug-likeness (QED) is 0.844. The summed E-state index contributed by atoms with van der Waals surface area (Å²) in [5.74, 6) is 0.800. The molecule has 0 spiro atoms. The van der Waals surface area contributed by atoms with Crippen LogP contribution >= 0.6 is 0 Å². The van der Waals surface area contributed by atoms with E-state index < -0.39 is 0 Å². The first-order chi connectivity index (χ1) is 12.1. The summed E-state index contributed by atoms with van der Waals surface area (Å²) in [6.07, 6.45) is 1.06. The normalized spacial score (nSPS) is 25.6. The van der Waals surface area contributed by atoms with Crippen molar-refractivity contribution in [3.8, 4) is 6.07 Å². The number of carbonyl (C=O) groups excluding carboxylic acids is 1. The molecular weight excluding hydrogens is 312 g/mol. The first kappa shape index (κ1) is 17.9. The minimum Gasteiger partial charge on any atom is -0.342 e. The highest BCUT2D eigenvalue weighted by atomic mass is 16.2. The first-order valence-corrected chi connectivity index (χ1v) is 9.28. The van der Waals surface area contributed by atoms with Crippen molar-refractivity contribution in [2.45, 2.75) is 32.9 Å². The Hall–Kier alpha value is -1.90. The van der Waals surface area contributed by atoms with Gasteiger partial charge >= 0.3 is 0 Å². The van der Waals surface area contributed by atoms with Crippen LogP contribution in [0.4, 0.5) is 0 Å². The number of nitriles is 1. The maximum atomic E-state index is 11.6. The molecule has 25 heavy (non-hydrogen) atoms. The Bertz CT molecular complexity index is 653. The van der Waals surface area contributed by atoms with E-state index in [1.54, 1.807) is 6.92 Å². The van der Waals surface area contributed by atoms with Crippen molar-refractivity contribution in [3.63, 3.8) is 0 Å². The number of carbonyl (C=O) groups is 1. The van der Waals surface area contributed by atoms with Crippen LogP contribution in [0.3, 0.4) is 0 Å². The third kappa shape index (κ3) is 4.20. The van der Waals surface area contributed by atoms with E-state index in [2.05, 4.69) is 28.9 Å². The second-order valence-corrected chi connectivity index (χ2v) is 7.40. The molecule has 2 fully saturated rings. The van der Waals surface area contributed by atoms with Crippen LogP contribution in [0.25, 0.3) is 0 Å². The molecule has 1 aromatic rings. The third-order valence-corrected chi connectivity index (χ3v) is 5.62. The van der Waals surface area contributed by atoms with Gasteiger partial charge in [-0.2, -0.15) is 5.26 Å². The second-order valence-electron chi connectivity index (χ2n) is 7.40. The number of rotatable bonds is 3.